The second-order valence-corrected chi connectivity index (χ2v) is 6.44. The summed E-state index contributed by atoms with van der Waals surface area (Å²) in [5, 5.41) is 8.96. The minimum atomic E-state index is 0.521. The minimum absolute atomic E-state index is 0.521. The molecule has 0 atom stereocenters. The zero-order valence-electron chi connectivity index (χ0n) is 14.1. The summed E-state index contributed by atoms with van der Waals surface area (Å²) in [6.07, 6.45) is 0. The highest BCUT2D eigenvalue weighted by Crippen LogP contribution is 2.26. The van der Waals surface area contributed by atoms with Gasteiger partial charge < -0.3 is 15.0 Å². The third-order valence-electron chi connectivity index (χ3n) is 3.75. The lowest BCUT2D eigenvalue weighted by Crippen LogP contribution is -2.11. The van der Waals surface area contributed by atoms with Gasteiger partial charge in [0.1, 0.15) is 11.3 Å². The summed E-state index contributed by atoms with van der Waals surface area (Å²) in [5.41, 5.74) is 2.48. The van der Waals surface area contributed by atoms with Crippen LogP contribution in [0.3, 0.4) is 0 Å². The molecule has 0 saturated carbocycles. The van der Waals surface area contributed by atoms with Gasteiger partial charge in [-0.15, -0.1) is 10.2 Å². The number of hydrogen-bond donors (Lipinski definition) is 1. The number of ether oxygens (including phenoxy) is 1. The number of benzene rings is 2. The maximum atomic E-state index is 6.16. The van der Waals surface area contributed by atoms with Crippen LogP contribution in [0.5, 0.6) is 5.75 Å². The Morgan fingerprint density at radius 2 is 1.92 bits per heavy atom. The highest BCUT2D eigenvalue weighted by atomic mass is 32.2. The highest BCUT2D eigenvalue weighted by molar-refractivity contribution is 7.98. The first-order valence-corrected chi connectivity index (χ1v) is 9.14. The lowest BCUT2D eigenvalue weighted by molar-refractivity contribution is 0.340. The zero-order valence-corrected chi connectivity index (χ0v) is 14.9. The molecule has 2 aromatic carbocycles. The Hall–Kier alpha value is -3.00. The van der Waals surface area contributed by atoms with Crippen molar-refractivity contribution < 1.29 is 9.15 Å². The van der Waals surface area contributed by atoms with E-state index in [2.05, 4.69) is 15.2 Å². The van der Waals surface area contributed by atoms with Gasteiger partial charge in [0.15, 0.2) is 11.4 Å². The number of nitrogens with zero attached hydrogens (tertiary/aromatic N) is 4. The average Bonchev–Trinajstić information content (AvgIpc) is 3.24. The molecule has 0 fully saturated rings. The molecule has 0 aliphatic heterocycles. The van der Waals surface area contributed by atoms with E-state index < -0.39 is 0 Å². The smallest absolute Gasteiger partial charge is 0.210 e. The predicted octanol–water partition coefficient (Wildman–Crippen LogP) is 3.49. The van der Waals surface area contributed by atoms with Crippen LogP contribution in [0.15, 0.2) is 58.1 Å². The molecule has 0 amide bonds. The van der Waals surface area contributed by atoms with Crippen molar-refractivity contribution >= 4 is 22.9 Å². The molecule has 0 spiro atoms. The molecule has 0 bridgehead atoms. The fraction of sp³-hybridized carbons (Fsp3) is 0.167. The van der Waals surface area contributed by atoms with Gasteiger partial charge in [-0.1, -0.05) is 23.9 Å². The van der Waals surface area contributed by atoms with Crippen LogP contribution in [0.1, 0.15) is 12.8 Å². The Kier molecular flexibility index (Phi) is 4.49. The van der Waals surface area contributed by atoms with Crippen LogP contribution in [0.2, 0.25) is 0 Å². The van der Waals surface area contributed by atoms with Crippen LogP contribution in [-0.4, -0.2) is 26.5 Å². The molecule has 132 valence electrons. The van der Waals surface area contributed by atoms with Crippen LogP contribution in [-0.2, 0) is 5.75 Å². The SMILES string of the molecule is CCOc1ccc(-c2nnc(SCc3nc4ccccc4o3)n2N)cc1. The number of oxazole rings is 1. The van der Waals surface area contributed by atoms with E-state index in [1.807, 2.05) is 55.5 Å². The first kappa shape index (κ1) is 16.5. The first-order valence-electron chi connectivity index (χ1n) is 8.15. The molecule has 0 aliphatic rings. The first-order chi connectivity index (χ1) is 12.7. The topological polar surface area (TPSA) is 92.0 Å². The summed E-state index contributed by atoms with van der Waals surface area (Å²) in [6, 6.07) is 15.3. The average molecular weight is 367 g/mol. The van der Waals surface area contributed by atoms with Crippen LogP contribution < -0.4 is 10.6 Å². The molecule has 26 heavy (non-hydrogen) atoms. The summed E-state index contributed by atoms with van der Waals surface area (Å²) < 4.78 is 12.6. The molecule has 4 aromatic rings. The van der Waals surface area contributed by atoms with E-state index in [0.717, 1.165) is 22.4 Å². The monoisotopic (exact) mass is 367 g/mol. The van der Waals surface area contributed by atoms with Gasteiger partial charge in [0.25, 0.3) is 0 Å². The zero-order chi connectivity index (χ0) is 17.9. The van der Waals surface area contributed by atoms with E-state index in [-0.39, 0.29) is 0 Å². The van der Waals surface area contributed by atoms with Crippen molar-refractivity contribution in [3.63, 3.8) is 0 Å². The summed E-state index contributed by atoms with van der Waals surface area (Å²) >= 11 is 1.43. The molecule has 2 heterocycles. The maximum absolute atomic E-state index is 6.16. The van der Waals surface area contributed by atoms with E-state index in [9.17, 15) is 0 Å². The second kappa shape index (κ2) is 7.09. The van der Waals surface area contributed by atoms with Crippen LogP contribution in [0, 0.1) is 0 Å². The molecule has 0 radical (unpaired) electrons. The number of nitrogen functional groups attached to an aromatic ring is 1. The maximum Gasteiger partial charge on any atom is 0.210 e. The van der Waals surface area contributed by atoms with Crippen molar-refractivity contribution in [1.82, 2.24) is 19.9 Å². The van der Waals surface area contributed by atoms with Crippen molar-refractivity contribution in [3.05, 3.63) is 54.4 Å². The quantitative estimate of drug-likeness (QED) is 0.412. The van der Waals surface area contributed by atoms with Gasteiger partial charge in [-0.05, 0) is 43.3 Å². The number of fused-ring (bicyclic) bond motifs is 1. The third-order valence-corrected chi connectivity index (χ3v) is 4.68. The molecule has 0 saturated heterocycles. The van der Waals surface area contributed by atoms with Gasteiger partial charge >= 0.3 is 0 Å². The Bertz CT molecular complexity index is 993. The predicted molar refractivity (Wildman–Crippen MR) is 100 cm³/mol. The summed E-state index contributed by atoms with van der Waals surface area (Å²) in [7, 11) is 0. The van der Waals surface area contributed by atoms with Crippen LogP contribution in [0.25, 0.3) is 22.5 Å². The second-order valence-electron chi connectivity index (χ2n) is 5.50. The summed E-state index contributed by atoms with van der Waals surface area (Å²) in [6.45, 7) is 2.58. The molecule has 0 unspecified atom stereocenters. The number of rotatable bonds is 6. The fourth-order valence-corrected chi connectivity index (χ4v) is 3.25. The highest BCUT2D eigenvalue weighted by Gasteiger charge is 2.14. The van der Waals surface area contributed by atoms with Crippen molar-refractivity contribution in [2.75, 3.05) is 12.4 Å². The van der Waals surface area contributed by atoms with E-state index >= 15 is 0 Å². The molecule has 4 rings (SSSR count). The molecule has 7 nitrogen and oxygen atoms in total. The normalized spacial score (nSPS) is 11.1. The van der Waals surface area contributed by atoms with Crippen molar-refractivity contribution in [1.29, 1.82) is 0 Å². The van der Waals surface area contributed by atoms with Crippen LogP contribution in [0.4, 0.5) is 0 Å². The van der Waals surface area contributed by atoms with Gasteiger partial charge in [-0.2, -0.15) is 0 Å². The molecule has 2 N–H and O–H groups in total. The Morgan fingerprint density at radius 1 is 1.12 bits per heavy atom. The third kappa shape index (κ3) is 3.23. The summed E-state index contributed by atoms with van der Waals surface area (Å²) in [4.78, 5) is 4.45. The lowest BCUT2D eigenvalue weighted by atomic mass is 10.2. The van der Waals surface area contributed by atoms with Gasteiger partial charge in [-0.3, -0.25) is 0 Å². The lowest BCUT2D eigenvalue weighted by Gasteiger charge is -2.05. The Morgan fingerprint density at radius 3 is 2.69 bits per heavy atom. The molecule has 8 heteroatoms. The summed E-state index contributed by atoms with van der Waals surface area (Å²) in [5.74, 6) is 8.71. The molecule has 2 aromatic heterocycles. The van der Waals surface area contributed by atoms with Gasteiger partial charge in [0.2, 0.25) is 11.0 Å². The Labute approximate surface area is 154 Å². The van der Waals surface area contributed by atoms with E-state index in [1.54, 1.807) is 0 Å². The standard InChI is InChI=1S/C18H17N5O2S/c1-2-24-13-9-7-12(8-10-13)17-21-22-18(23(17)19)26-11-16-20-14-5-3-4-6-15(14)25-16/h3-10H,2,11,19H2,1H3. The Balaban J connectivity index is 1.49. The number of aromatic nitrogens is 4. The number of hydrogen-bond acceptors (Lipinski definition) is 7. The molecular weight excluding hydrogens is 350 g/mol. The number of para-hydroxylation sites is 2. The van der Waals surface area contributed by atoms with Gasteiger partial charge in [-0.25, -0.2) is 9.66 Å². The van der Waals surface area contributed by atoms with Crippen molar-refractivity contribution in [2.45, 2.75) is 17.8 Å². The number of thioether (sulfide) groups is 1. The minimum Gasteiger partial charge on any atom is -0.494 e. The van der Waals surface area contributed by atoms with Crippen LogP contribution >= 0.6 is 11.8 Å². The van der Waals surface area contributed by atoms with Gasteiger partial charge in [0, 0.05) is 5.56 Å². The van der Waals surface area contributed by atoms with Gasteiger partial charge in [0.05, 0.1) is 12.4 Å². The van der Waals surface area contributed by atoms with E-state index in [1.165, 1.54) is 16.4 Å². The molecular formula is C18H17N5O2S. The van der Waals surface area contributed by atoms with E-state index in [0.29, 0.717) is 29.2 Å². The molecule has 0 aliphatic carbocycles. The van der Waals surface area contributed by atoms with E-state index in [4.69, 9.17) is 15.0 Å². The fourth-order valence-electron chi connectivity index (χ4n) is 2.55. The van der Waals surface area contributed by atoms with Crippen molar-refractivity contribution in [3.8, 4) is 17.1 Å². The van der Waals surface area contributed by atoms with Crippen molar-refractivity contribution in [2.24, 2.45) is 0 Å². The number of nitrogens with two attached hydrogens (primary N) is 1. The largest absolute Gasteiger partial charge is 0.494 e.